The molecule has 2 heterocycles. The molecule has 0 bridgehead atoms. The summed E-state index contributed by atoms with van der Waals surface area (Å²) >= 11 is 0. The number of ketones is 1. The van der Waals surface area contributed by atoms with E-state index >= 15 is 0 Å². The van der Waals surface area contributed by atoms with Gasteiger partial charge in [-0.1, -0.05) is 52.4 Å². The maximum absolute atomic E-state index is 13.5. The van der Waals surface area contributed by atoms with E-state index in [0.717, 1.165) is 31.7 Å². The summed E-state index contributed by atoms with van der Waals surface area (Å²) in [5.74, 6) is 0.0660. The number of benzene rings is 1. The fourth-order valence-corrected chi connectivity index (χ4v) is 4.95. The SMILES string of the molecule is CCCCCCCCC(CC)C(=O)[C@H]1CN(c2ccc(C(F)(F)F)c3ncccc23)C[C@@H](C)O1. The van der Waals surface area contributed by atoms with E-state index in [2.05, 4.69) is 11.9 Å². The highest BCUT2D eigenvalue weighted by Gasteiger charge is 2.36. The molecule has 7 heteroatoms. The average Bonchev–Trinajstić information content (AvgIpc) is 2.81. The summed E-state index contributed by atoms with van der Waals surface area (Å²) < 4.78 is 46.6. The van der Waals surface area contributed by atoms with E-state index in [4.69, 9.17) is 4.74 Å². The normalized spacial score (nSPS) is 20.0. The van der Waals surface area contributed by atoms with Crippen LogP contribution in [0.1, 0.15) is 77.7 Å². The highest BCUT2D eigenvalue weighted by molar-refractivity contribution is 5.95. The summed E-state index contributed by atoms with van der Waals surface area (Å²) in [6.07, 6.45) is 4.85. The Labute approximate surface area is 200 Å². The van der Waals surface area contributed by atoms with E-state index in [1.54, 1.807) is 12.1 Å². The van der Waals surface area contributed by atoms with E-state index in [0.29, 0.717) is 24.2 Å². The lowest BCUT2D eigenvalue weighted by Crippen LogP contribution is -2.51. The maximum atomic E-state index is 13.5. The second-order valence-corrected chi connectivity index (χ2v) is 9.43. The summed E-state index contributed by atoms with van der Waals surface area (Å²) in [5.41, 5.74) is -0.150. The minimum atomic E-state index is -4.48. The van der Waals surface area contributed by atoms with Gasteiger partial charge in [-0.2, -0.15) is 13.2 Å². The van der Waals surface area contributed by atoms with E-state index < -0.39 is 17.8 Å². The summed E-state index contributed by atoms with van der Waals surface area (Å²) in [5, 5.41) is 0.441. The zero-order chi connectivity index (χ0) is 24.7. The number of Topliss-reactive ketones (excluding diaryl/α,β-unsaturated/α-hetero) is 1. The summed E-state index contributed by atoms with van der Waals surface area (Å²) in [6.45, 7) is 6.99. The van der Waals surface area contributed by atoms with Gasteiger partial charge in [0.2, 0.25) is 0 Å². The summed E-state index contributed by atoms with van der Waals surface area (Å²) in [7, 11) is 0. The van der Waals surface area contributed by atoms with Gasteiger partial charge in [0.05, 0.1) is 23.7 Å². The fourth-order valence-electron chi connectivity index (χ4n) is 4.95. The number of hydrogen-bond acceptors (Lipinski definition) is 4. The Morgan fingerprint density at radius 1 is 1.12 bits per heavy atom. The molecule has 2 aromatic rings. The van der Waals surface area contributed by atoms with Gasteiger partial charge in [-0.3, -0.25) is 9.78 Å². The molecule has 0 spiro atoms. The fraction of sp³-hybridized carbons (Fsp3) is 0.630. The Morgan fingerprint density at radius 3 is 2.56 bits per heavy atom. The molecule has 1 aliphatic heterocycles. The van der Waals surface area contributed by atoms with E-state index in [1.807, 2.05) is 18.7 Å². The van der Waals surface area contributed by atoms with Crippen molar-refractivity contribution < 1.29 is 22.7 Å². The van der Waals surface area contributed by atoms with Crippen molar-refractivity contribution in [2.75, 3.05) is 18.0 Å². The Balaban J connectivity index is 1.75. The Hall–Kier alpha value is -2.15. The maximum Gasteiger partial charge on any atom is 0.418 e. The number of carbonyl (C=O) groups excluding carboxylic acids is 1. The highest BCUT2D eigenvalue weighted by Crippen LogP contribution is 2.38. The van der Waals surface area contributed by atoms with Crippen molar-refractivity contribution in [1.82, 2.24) is 4.98 Å². The van der Waals surface area contributed by atoms with Gasteiger partial charge in [0, 0.05) is 29.7 Å². The van der Waals surface area contributed by atoms with Crippen molar-refractivity contribution in [3.63, 3.8) is 0 Å². The molecule has 0 radical (unpaired) electrons. The number of aromatic nitrogens is 1. The molecular formula is C27H37F3N2O2. The minimum Gasteiger partial charge on any atom is -0.365 e. The first-order chi connectivity index (χ1) is 16.3. The van der Waals surface area contributed by atoms with Gasteiger partial charge in [-0.15, -0.1) is 0 Å². The summed E-state index contributed by atoms with van der Waals surface area (Å²) in [4.78, 5) is 19.4. The van der Waals surface area contributed by atoms with Crippen LogP contribution >= 0.6 is 0 Å². The Bertz CT molecular complexity index is 947. The van der Waals surface area contributed by atoms with Crippen molar-refractivity contribution in [3.05, 3.63) is 36.0 Å². The monoisotopic (exact) mass is 478 g/mol. The van der Waals surface area contributed by atoms with Gasteiger partial charge in [-0.25, -0.2) is 0 Å². The van der Waals surface area contributed by atoms with Crippen LogP contribution in [0.3, 0.4) is 0 Å². The molecule has 188 valence electrons. The van der Waals surface area contributed by atoms with Gasteiger partial charge in [0.15, 0.2) is 5.78 Å². The van der Waals surface area contributed by atoms with Crippen molar-refractivity contribution >= 4 is 22.4 Å². The minimum absolute atomic E-state index is 0.0469. The number of rotatable bonds is 11. The lowest BCUT2D eigenvalue weighted by atomic mass is 9.90. The first-order valence-electron chi connectivity index (χ1n) is 12.6. The van der Waals surface area contributed by atoms with Gasteiger partial charge in [0.25, 0.3) is 0 Å². The number of unbranched alkanes of at least 4 members (excludes halogenated alkanes) is 5. The zero-order valence-electron chi connectivity index (χ0n) is 20.5. The second-order valence-electron chi connectivity index (χ2n) is 9.43. The van der Waals surface area contributed by atoms with Crippen LogP contribution in [0.4, 0.5) is 18.9 Å². The highest BCUT2D eigenvalue weighted by atomic mass is 19.4. The molecule has 0 aliphatic carbocycles. The van der Waals surface area contributed by atoms with E-state index in [-0.39, 0.29) is 23.3 Å². The molecular weight excluding hydrogens is 441 g/mol. The lowest BCUT2D eigenvalue weighted by Gasteiger charge is -2.39. The number of alkyl halides is 3. The van der Waals surface area contributed by atoms with Crippen LogP contribution in [-0.4, -0.2) is 36.1 Å². The lowest BCUT2D eigenvalue weighted by molar-refractivity contribution is -0.139. The molecule has 1 aromatic heterocycles. The summed E-state index contributed by atoms with van der Waals surface area (Å²) in [6, 6.07) is 5.90. The predicted molar refractivity (Wildman–Crippen MR) is 130 cm³/mol. The van der Waals surface area contributed by atoms with Crippen molar-refractivity contribution in [3.8, 4) is 0 Å². The van der Waals surface area contributed by atoms with E-state index in [9.17, 15) is 18.0 Å². The quantitative estimate of drug-likeness (QED) is 0.321. The number of nitrogens with zero attached hydrogens (tertiary/aromatic N) is 2. The van der Waals surface area contributed by atoms with Crippen LogP contribution < -0.4 is 4.90 Å². The molecule has 0 amide bonds. The largest absolute Gasteiger partial charge is 0.418 e. The van der Waals surface area contributed by atoms with Crippen LogP contribution in [-0.2, 0) is 15.7 Å². The van der Waals surface area contributed by atoms with E-state index in [1.165, 1.54) is 37.9 Å². The third-order valence-electron chi connectivity index (χ3n) is 6.77. The van der Waals surface area contributed by atoms with Crippen LogP contribution in [0.2, 0.25) is 0 Å². The third kappa shape index (κ3) is 6.49. The molecule has 0 saturated carbocycles. The number of halogens is 3. The smallest absolute Gasteiger partial charge is 0.365 e. The number of anilines is 1. The number of hydrogen-bond donors (Lipinski definition) is 0. The Kier molecular flexibility index (Phi) is 9.34. The van der Waals surface area contributed by atoms with Gasteiger partial charge in [-0.05, 0) is 44.0 Å². The third-order valence-corrected chi connectivity index (χ3v) is 6.77. The first-order valence-corrected chi connectivity index (χ1v) is 12.6. The van der Waals surface area contributed by atoms with Gasteiger partial charge in [0.1, 0.15) is 6.10 Å². The number of morpholine rings is 1. The number of pyridine rings is 1. The number of fused-ring (bicyclic) bond motifs is 1. The average molecular weight is 479 g/mol. The number of carbonyl (C=O) groups is 1. The van der Waals surface area contributed by atoms with Crippen molar-refractivity contribution in [2.45, 2.75) is 90.5 Å². The van der Waals surface area contributed by atoms with Crippen molar-refractivity contribution in [2.24, 2.45) is 5.92 Å². The topological polar surface area (TPSA) is 42.4 Å². The van der Waals surface area contributed by atoms with Crippen LogP contribution in [0.15, 0.2) is 30.5 Å². The first kappa shape index (κ1) is 26.5. The molecule has 1 aromatic carbocycles. The molecule has 1 saturated heterocycles. The van der Waals surface area contributed by atoms with Crippen LogP contribution in [0.25, 0.3) is 10.9 Å². The van der Waals surface area contributed by atoms with Crippen molar-refractivity contribution in [1.29, 1.82) is 0 Å². The molecule has 1 fully saturated rings. The molecule has 4 nitrogen and oxygen atoms in total. The second kappa shape index (κ2) is 12.0. The zero-order valence-corrected chi connectivity index (χ0v) is 20.5. The molecule has 0 N–H and O–H groups in total. The van der Waals surface area contributed by atoms with Crippen LogP contribution in [0, 0.1) is 5.92 Å². The molecule has 3 atom stereocenters. The standard InChI is InChI=1S/C27H37F3N2O2/c1-4-6-7-8-9-10-12-20(5-2)26(33)24-18-32(17-19(3)34-24)23-15-14-22(27(28,29)30)25-21(23)13-11-16-31-25/h11,13-16,19-20,24H,4-10,12,17-18H2,1-3H3/t19-,20?,24-/m1/s1. The predicted octanol–water partition coefficient (Wildman–Crippen LogP) is 7.19. The molecule has 3 rings (SSSR count). The molecule has 34 heavy (non-hydrogen) atoms. The molecule has 1 aliphatic rings. The number of ether oxygens (including phenoxy) is 1. The molecule has 1 unspecified atom stereocenters. The Morgan fingerprint density at radius 2 is 1.85 bits per heavy atom. The van der Waals surface area contributed by atoms with Gasteiger partial charge < -0.3 is 9.64 Å². The van der Waals surface area contributed by atoms with Crippen LogP contribution in [0.5, 0.6) is 0 Å². The van der Waals surface area contributed by atoms with Gasteiger partial charge >= 0.3 is 6.18 Å².